The number of piperidine rings is 1. The number of rotatable bonds is 3. The van der Waals surface area contributed by atoms with Crippen molar-refractivity contribution < 1.29 is 13.2 Å². The van der Waals surface area contributed by atoms with Crippen molar-refractivity contribution in [3.05, 3.63) is 29.8 Å². The third-order valence-electron chi connectivity index (χ3n) is 3.21. The van der Waals surface area contributed by atoms with Crippen molar-refractivity contribution in [1.29, 1.82) is 0 Å². The zero-order chi connectivity index (χ0) is 13.0. The second-order valence-corrected chi connectivity index (χ2v) is 4.67. The van der Waals surface area contributed by atoms with Crippen LogP contribution in [0.3, 0.4) is 0 Å². The van der Waals surface area contributed by atoms with E-state index < -0.39 is 11.7 Å². The van der Waals surface area contributed by atoms with E-state index in [4.69, 9.17) is 0 Å². The van der Waals surface area contributed by atoms with Gasteiger partial charge in [0.05, 0.1) is 5.56 Å². The highest BCUT2D eigenvalue weighted by Gasteiger charge is 2.29. The van der Waals surface area contributed by atoms with Gasteiger partial charge in [0.25, 0.3) is 0 Å². The van der Waals surface area contributed by atoms with E-state index in [0.29, 0.717) is 5.92 Å². The molecule has 1 heterocycles. The maximum atomic E-state index is 12.4. The number of halogens is 3. The normalized spacial score (nSPS) is 20.7. The quantitative estimate of drug-likeness (QED) is 0.870. The largest absolute Gasteiger partial charge is 0.416 e. The second-order valence-electron chi connectivity index (χ2n) is 4.67. The Labute approximate surface area is 105 Å². The molecular formula is C13H17F3N2. The van der Waals surface area contributed by atoms with Crippen molar-refractivity contribution in [3.63, 3.8) is 0 Å². The molecule has 0 radical (unpaired) electrons. The third kappa shape index (κ3) is 3.63. The first-order valence-corrected chi connectivity index (χ1v) is 6.17. The Kier molecular flexibility index (Phi) is 4.11. The van der Waals surface area contributed by atoms with Gasteiger partial charge in [-0.2, -0.15) is 13.2 Å². The van der Waals surface area contributed by atoms with E-state index in [-0.39, 0.29) is 0 Å². The predicted molar refractivity (Wildman–Crippen MR) is 65.5 cm³/mol. The number of hydrogen-bond donors (Lipinski definition) is 2. The Bertz CT molecular complexity index is 367. The summed E-state index contributed by atoms with van der Waals surface area (Å²) in [6.45, 7) is 2.85. The Morgan fingerprint density at radius 2 is 1.94 bits per heavy atom. The highest BCUT2D eigenvalue weighted by atomic mass is 19.4. The molecule has 1 aromatic carbocycles. The Hall–Kier alpha value is -1.23. The molecule has 2 nitrogen and oxygen atoms in total. The first-order chi connectivity index (χ1) is 8.55. The first-order valence-electron chi connectivity index (χ1n) is 6.17. The van der Waals surface area contributed by atoms with Gasteiger partial charge >= 0.3 is 6.18 Å². The fourth-order valence-electron chi connectivity index (χ4n) is 2.14. The lowest BCUT2D eigenvalue weighted by molar-refractivity contribution is -0.137. The van der Waals surface area contributed by atoms with Crippen LogP contribution in [-0.4, -0.2) is 19.6 Å². The Balaban J connectivity index is 1.86. The summed E-state index contributed by atoms with van der Waals surface area (Å²) in [6.07, 6.45) is -1.92. The first kappa shape index (κ1) is 13.2. The molecule has 1 saturated heterocycles. The van der Waals surface area contributed by atoms with Gasteiger partial charge in [0.2, 0.25) is 0 Å². The van der Waals surface area contributed by atoms with Gasteiger partial charge in [-0.15, -0.1) is 0 Å². The molecule has 1 atom stereocenters. The monoisotopic (exact) mass is 258 g/mol. The van der Waals surface area contributed by atoms with Crippen molar-refractivity contribution in [2.75, 3.05) is 25.0 Å². The van der Waals surface area contributed by atoms with Crippen LogP contribution in [0.25, 0.3) is 0 Å². The molecule has 2 rings (SSSR count). The zero-order valence-corrected chi connectivity index (χ0v) is 10.1. The molecule has 1 unspecified atom stereocenters. The van der Waals surface area contributed by atoms with E-state index in [1.165, 1.54) is 25.0 Å². The summed E-state index contributed by atoms with van der Waals surface area (Å²) in [4.78, 5) is 0. The van der Waals surface area contributed by atoms with Crippen LogP contribution in [0.1, 0.15) is 18.4 Å². The fraction of sp³-hybridized carbons (Fsp3) is 0.538. The predicted octanol–water partition coefficient (Wildman–Crippen LogP) is 3.12. The Morgan fingerprint density at radius 3 is 2.50 bits per heavy atom. The summed E-state index contributed by atoms with van der Waals surface area (Å²) in [5.41, 5.74) is 0.140. The topological polar surface area (TPSA) is 24.1 Å². The average Bonchev–Trinajstić information content (AvgIpc) is 2.37. The van der Waals surface area contributed by atoms with E-state index >= 15 is 0 Å². The van der Waals surface area contributed by atoms with Crippen molar-refractivity contribution in [2.45, 2.75) is 19.0 Å². The summed E-state index contributed by atoms with van der Waals surface area (Å²) in [6, 6.07) is 5.20. The number of alkyl halides is 3. The standard InChI is InChI=1S/C13H17F3N2/c14-13(15,16)11-3-5-12(6-4-11)18-9-10-2-1-7-17-8-10/h3-6,10,17-18H,1-2,7-9H2. The molecule has 5 heteroatoms. The van der Waals surface area contributed by atoms with Crippen molar-refractivity contribution >= 4 is 5.69 Å². The molecule has 0 aromatic heterocycles. The fourth-order valence-corrected chi connectivity index (χ4v) is 2.14. The van der Waals surface area contributed by atoms with Gasteiger partial charge in [0.1, 0.15) is 0 Å². The lowest BCUT2D eigenvalue weighted by Gasteiger charge is -2.23. The maximum absolute atomic E-state index is 12.4. The van der Waals surface area contributed by atoms with Crippen LogP contribution in [0.2, 0.25) is 0 Å². The van der Waals surface area contributed by atoms with Crippen LogP contribution in [-0.2, 0) is 6.18 Å². The van der Waals surface area contributed by atoms with Crippen molar-refractivity contribution in [1.82, 2.24) is 5.32 Å². The van der Waals surface area contributed by atoms with Gasteiger partial charge in [-0.1, -0.05) is 0 Å². The van der Waals surface area contributed by atoms with E-state index in [9.17, 15) is 13.2 Å². The molecule has 0 amide bonds. The zero-order valence-electron chi connectivity index (χ0n) is 10.1. The molecule has 0 bridgehead atoms. The highest BCUT2D eigenvalue weighted by Crippen LogP contribution is 2.29. The number of nitrogens with one attached hydrogen (secondary N) is 2. The molecule has 100 valence electrons. The summed E-state index contributed by atoms with van der Waals surface area (Å²) < 4.78 is 37.1. The summed E-state index contributed by atoms with van der Waals surface area (Å²) >= 11 is 0. The van der Waals surface area contributed by atoms with Gasteiger partial charge < -0.3 is 10.6 Å². The minimum Gasteiger partial charge on any atom is -0.385 e. The molecule has 1 aliphatic heterocycles. The van der Waals surface area contributed by atoms with Gasteiger partial charge in [0, 0.05) is 12.2 Å². The van der Waals surface area contributed by atoms with E-state index in [1.807, 2.05) is 0 Å². The Morgan fingerprint density at radius 1 is 1.22 bits per heavy atom. The number of hydrogen-bond acceptors (Lipinski definition) is 2. The maximum Gasteiger partial charge on any atom is 0.416 e. The molecule has 0 aliphatic carbocycles. The average molecular weight is 258 g/mol. The van der Waals surface area contributed by atoms with E-state index in [0.717, 1.165) is 37.5 Å². The SMILES string of the molecule is FC(F)(F)c1ccc(NCC2CCCNC2)cc1. The number of anilines is 1. The van der Waals surface area contributed by atoms with Gasteiger partial charge in [0.15, 0.2) is 0 Å². The van der Waals surface area contributed by atoms with Crippen LogP contribution >= 0.6 is 0 Å². The minimum atomic E-state index is -4.26. The number of benzene rings is 1. The van der Waals surface area contributed by atoms with Crippen molar-refractivity contribution in [2.24, 2.45) is 5.92 Å². The lowest BCUT2D eigenvalue weighted by Crippen LogP contribution is -2.33. The van der Waals surface area contributed by atoms with Crippen LogP contribution < -0.4 is 10.6 Å². The molecule has 18 heavy (non-hydrogen) atoms. The second kappa shape index (κ2) is 5.61. The van der Waals surface area contributed by atoms with Crippen LogP contribution in [0.4, 0.5) is 18.9 Å². The molecular weight excluding hydrogens is 241 g/mol. The molecule has 1 aromatic rings. The molecule has 2 N–H and O–H groups in total. The van der Waals surface area contributed by atoms with Gasteiger partial charge in [-0.3, -0.25) is 0 Å². The van der Waals surface area contributed by atoms with Crippen LogP contribution in [0.5, 0.6) is 0 Å². The summed E-state index contributed by atoms with van der Waals surface area (Å²) in [5, 5.41) is 6.50. The lowest BCUT2D eigenvalue weighted by atomic mass is 10.00. The molecule has 1 aliphatic rings. The third-order valence-corrected chi connectivity index (χ3v) is 3.21. The van der Waals surface area contributed by atoms with E-state index in [2.05, 4.69) is 10.6 Å². The molecule has 1 fully saturated rings. The van der Waals surface area contributed by atoms with Crippen molar-refractivity contribution in [3.8, 4) is 0 Å². The molecule has 0 saturated carbocycles. The van der Waals surface area contributed by atoms with E-state index in [1.54, 1.807) is 0 Å². The summed E-state index contributed by atoms with van der Waals surface area (Å²) in [7, 11) is 0. The summed E-state index contributed by atoms with van der Waals surface area (Å²) in [5.74, 6) is 0.557. The van der Waals surface area contributed by atoms with Gasteiger partial charge in [-0.25, -0.2) is 0 Å². The minimum absolute atomic E-state index is 0.557. The van der Waals surface area contributed by atoms with Crippen LogP contribution in [0, 0.1) is 5.92 Å². The van der Waals surface area contributed by atoms with Gasteiger partial charge in [-0.05, 0) is 56.1 Å². The highest BCUT2D eigenvalue weighted by molar-refractivity contribution is 5.45. The molecule has 0 spiro atoms. The smallest absolute Gasteiger partial charge is 0.385 e. The van der Waals surface area contributed by atoms with Crippen LogP contribution in [0.15, 0.2) is 24.3 Å².